The van der Waals surface area contributed by atoms with Crippen molar-refractivity contribution in [3.63, 3.8) is 0 Å². The second-order valence-electron chi connectivity index (χ2n) is 6.56. The molecule has 2 heterocycles. The molecule has 2 aromatic heterocycles. The van der Waals surface area contributed by atoms with E-state index in [1.54, 1.807) is 39.3 Å². The topological polar surface area (TPSA) is 81.5 Å². The molecule has 154 valence electrons. The first-order valence-corrected chi connectivity index (χ1v) is 10.1. The highest BCUT2D eigenvalue weighted by atomic mass is 32.2. The summed E-state index contributed by atoms with van der Waals surface area (Å²) in [4.78, 5) is 19.9. The number of ether oxygens (including phenoxy) is 2. The molecule has 9 heteroatoms. The maximum atomic E-state index is 13.3. The highest BCUT2D eigenvalue weighted by Gasteiger charge is 2.16. The zero-order chi connectivity index (χ0) is 21.3. The lowest BCUT2D eigenvalue weighted by Crippen LogP contribution is -2.19. The quantitative estimate of drug-likeness (QED) is 0.472. The number of benzene rings is 2. The van der Waals surface area contributed by atoms with Crippen molar-refractivity contribution in [1.29, 1.82) is 0 Å². The van der Waals surface area contributed by atoms with Gasteiger partial charge in [0.1, 0.15) is 17.3 Å². The zero-order valence-corrected chi connectivity index (χ0v) is 17.4. The van der Waals surface area contributed by atoms with Gasteiger partial charge >= 0.3 is 5.69 Å². The molecule has 0 aliphatic heterocycles. The van der Waals surface area contributed by atoms with Crippen LogP contribution in [-0.4, -0.2) is 33.8 Å². The molecule has 0 unspecified atom stereocenters. The molecule has 0 saturated carbocycles. The number of aromatic nitrogens is 4. The SMILES string of the molecule is COc1cc(CSc2nc3c(-c4ccc(F)cc4)c(C)nn3c(=O)[nH]2)cc(OC)c1. The van der Waals surface area contributed by atoms with Crippen LogP contribution in [0.4, 0.5) is 4.39 Å². The van der Waals surface area contributed by atoms with Gasteiger partial charge in [-0.3, -0.25) is 4.98 Å². The van der Waals surface area contributed by atoms with E-state index in [0.29, 0.717) is 39.3 Å². The van der Waals surface area contributed by atoms with Gasteiger partial charge in [-0.2, -0.15) is 9.61 Å². The molecule has 0 saturated heterocycles. The Bertz CT molecular complexity index is 1250. The van der Waals surface area contributed by atoms with Crippen LogP contribution in [0.5, 0.6) is 11.5 Å². The van der Waals surface area contributed by atoms with Gasteiger partial charge < -0.3 is 9.47 Å². The van der Waals surface area contributed by atoms with Crippen LogP contribution in [0.1, 0.15) is 11.3 Å². The van der Waals surface area contributed by atoms with E-state index in [1.165, 1.54) is 28.4 Å². The number of methoxy groups -OCH3 is 2. The Morgan fingerprint density at radius 1 is 1.10 bits per heavy atom. The number of hydrogen-bond acceptors (Lipinski definition) is 6. The van der Waals surface area contributed by atoms with E-state index >= 15 is 0 Å². The van der Waals surface area contributed by atoms with Crippen molar-refractivity contribution in [2.75, 3.05) is 14.2 Å². The average molecular weight is 426 g/mol. The van der Waals surface area contributed by atoms with Gasteiger partial charge in [-0.15, -0.1) is 0 Å². The first-order chi connectivity index (χ1) is 14.5. The van der Waals surface area contributed by atoms with E-state index in [0.717, 1.165) is 11.1 Å². The fourth-order valence-electron chi connectivity index (χ4n) is 3.15. The molecule has 0 fully saturated rings. The van der Waals surface area contributed by atoms with Crippen molar-refractivity contribution in [2.24, 2.45) is 0 Å². The van der Waals surface area contributed by atoms with E-state index in [9.17, 15) is 9.18 Å². The Morgan fingerprint density at radius 3 is 2.40 bits per heavy atom. The standard InChI is InChI=1S/C21H19FN4O3S/c1-12-18(14-4-6-15(22)7-5-14)19-23-20(24-21(27)26(19)25-12)30-11-13-8-16(28-2)10-17(9-13)29-3/h4-10H,11H2,1-3H3,(H,23,24,27). The lowest BCUT2D eigenvalue weighted by Gasteiger charge is -2.08. The number of aryl methyl sites for hydroxylation is 1. The lowest BCUT2D eigenvalue weighted by atomic mass is 10.1. The minimum absolute atomic E-state index is 0.330. The average Bonchev–Trinajstić information content (AvgIpc) is 3.09. The summed E-state index contributed by atoms with van der Waals surface area (Å²) in [5.74, 6) is 1.59. The van der Waals surface area contributed by atoms with Crippen molar-refractivity contribution < 1.29 is 13.9 Å². The van der Waals surface area contributed by atoms with E-state index < -0.39 is 0 Å². The van der Waals surface area contributed by atoms with Gasteiger partial charge in [0.15, 0.2) is 10.8 Å². The molecule has 4 aromatic rings. The maximum absolute atomic E-state index is 13.3. The smallest absolute Gasteiger partial charge is 0.350 e. The number of rotatable bonds is 6. The number of halogens is 1. The second kappa shape index (κ2) is 8.19. The van der Waals surface area contributed by atoms with Gasteiger partial charge in [0.2, 0.25) is 0 Å². The highest BCUT2D eigenvalue weighted by Crippen LogP contribution is 2.29. The molecule has 1 N–H and O–H groups in total. The van der Waals surface area contributed by atoms with Gasteiger partial charge in [0, 0.05) is 17.4 Å². The Morgan fingerprint density at radius 2 is 1.77 bits per heavy atom. The van der Waals surface area contributed by atoms with Crippen molar-refractivity contribution in [3.8, 4) is 22.6 Å². The molecule has 0 atom stereocenters. The van der Waals surface area contributed by atoms with Gasteiger partial charge in [0.05, 0.1) is 19.9 Å². The number of H-pyrrole nitrogens is 1. The number of hydrogen-bond donors (Lipinski definition) is 1. The van der Waals surface area contributed by atoms with Crippen molar-refractivity contribution in [3.05, 3.63) is 70.0 Å². The molecule has 0 amide bonds. The van der Waals surface area contributed by atoms with Crippen LogP contribution in [0.3, 0.4) is 0 Å². The molecular formula is C21H19FN4O3S. The molecule has 2 aromatic carbocycles. The van der Waals surface area contributed by atoms with Gasteiger partial charge in [-0.25, -0.2) is 14.2 Å². The lowest BCUT2D eigenvalue weighted by molar-refractivity contribution is 0.393. The first kappa shape index (κ1) is 20.0. The monoisotopic (exact) mass is 426 g/mol. The van der Waals surface area contributed by atoms with Crippen LogP contribution in [0.2, 0.25) is 0 Å². The Hall–Kier alpha value is -3.33. The third-order valence-electron chi connectivity index (χ3n) is 4.57. The highest BCUT2D eigenvalue weighted by molar-refractivity contribution is 7.98. The van der Waals surface area contributed by atoms with Crippen LogP contribution in [0, 0.1) is 12.7 Å². The third kappa shape index (κ3) is 3.88. The maximum Gasteiger partial charge on any atom is 0.350 e. The van der Waals surface area contributed by atoms with Gasteiger partial charge in [-0.1, -0.05) is 23.9 Å². The summed E-state index contributed by atoms with van der Waals surface area (Å²) in [5.41, 5.74) is 3.08. The summed E-state index contributed by atoms with van der Waals surface area (Å²) in [6.07, 6.45) is 0. The summed E-state index contributed by atoms with van der Waals surface area (Å²) in [5, 5.41) is 4.75. The van der Waals surface area contributed by atoms with Crippen LogP contribution in [0.15, 0.2) is 52.4 Å². The van der Waals surface area contributed by atoms with Crippen LogP contribution < -0.4 is 15.2 Å². The number of nitrogens with zero attached hydrogens (tertiary/aromatic N) is 3. The summed E-state index contributed by atoms with van der Waals surface area (Å²) >= 11 is 1.38. The largest absolute Gasteiger partial charge is 0.497 e. The summed E-state index contributed by atoms with van der Waals surface area (Å²) < 4.78 is 25.2. The van der Waals surface area contributed by atoms with E-state index in [-0.39, 0.29) is 11.5 Å². The Balaban J connectivity index is 1.70. The molecule has 0 radical (unpaired) electrons. The zero-order valence-electron chi connectivity index (χ0n) is 16.6. The minimum atomic E-state index is -0.387. The third-order valence-corrected chi connectivity index (χ3v) is 5.51. The van der Waals surface area contributed by atoms with Crippen molar-refractivity contribution >= 4 is 17.4 Å². The Kier molecular flexibility index (Phi) is 5.45. The van der Waals surface area contributed by atoms with E-state index in [1.807, 2.05) is 12.1 Å². The van der Waals surface area contributed by atoms with Crippen molar-refractivity contribution in [1.82, 2.24) is 19.6 Å². The number of thioether (sulfide) groups is 1. The van der Waals surface area contributed by atoms with Gasteiger partial charge in [-0.05, 0) is 42.3 Å². The molecule has 4 rings (SSSR count). The van der Waals surface area contributed by atoms with Crippen LogP contribution >= 0.6 is 11.8 Å². The number of nitrogens with one attached hydrogen (secondary N) is 1. The van der Waals surface area contributed by atoms with Crippen LogP contribution in [-0.2, 0) is 5.75 Å². The molecule has 0 spiro atoms. The molecule has 0 aliphatic carbocycles. The summed E-state index contributed by atoms with van der Waals surface area (Å²) in [6.45, 7) is 1.79. The van der Waals surface area contributed by atoms with Crippen LogP contribution in [0.25, 0.3) is 16.8 Å². The Labute approximate surface area is 175 Å². The summed E-state index contributed by atoms with van der Waals surface area (Å²) in [6, 6.07) is 11.6. The molecule has 0 aliphatic rings. The predicted molar refractivity (Wildman–Crippen MR) is 113 cm³/mol. The number of aromatic amines is 1. The fraction of sp³-hybridized carbons (Fsp3) is 0.190. The fourth-order valence-corrected chi connectivity index (χ4v) is 3.93. The number of fused-ring (bicyclic) bond motifs is 1. The first-order valence-electron chi connectivity index (χ1n) is 9.09. The normalized spacial score (nSPS) is 11.1. The summed E-state index contributed by atoms with van der Waals surface area (Å²) in [7, 11) is 3.19. The molecule has 7 nitrogen and oxygen atoms in total. The predicted octanol–water partition coefficient (Wildman–Crippen LogP) is 3.84. The van der Waals surface area contributed by atoms with E-state index in [2.05, 4.69) is 15.1 Å². The molecule has 30 heavy (non-hydrogen) atoms. The second-order valence-corrected chi connectivity index (χ2v) is 7.52. The molecular weight excluding hydrogens is 407 g/mol. The van der Waals surface area contributed by atoms with Crippen molar-refractivity contribution in [2.45, 2.75) is 17.8 Å². The minimum Gasteiger partial charge on any atom is -0.497 e. The van der Waals surface area contributed by atoms with Gasteiger partial charge in [0.25, 0.3) is 0 Å². The molecule has 0 bridgehead atoms. The van der Waals surface area contributed by atoms with E-state index in [4.69, 9.17) is 9.47 Å².